The molecule has 0 aliphatic heterocycles. The van der Waals surface area contributed by atoms with Crippen LogP contribution in [0.4, 0.5) is 0 Å². The first-order chi connectivity index (χ1) is 8.77. The molecule has 0 N–H and O–H groups in total. The van der Waals surface area contributed by atoms with E-state index in [1.807, 2.05) is 0 Å². The van der Waals surface area contributed by atoms with Crippen molar-refractivity contribution in [1.82, 2.24) is 9.97 Å². The fourth-order valence-corrected chi connectivity index (χ4v) is 1.57. The number of pyridine rings is 2. The van der Waals surface area contributed by atoms with Crippen molar-refractivity contribution in [3.63, 3.8) is 0 Å². The largest absolute Gasteiger partial charge is 0.294 e. The summed E-state index contributed by atoms with van der Waals surface area (Å²) in [4.78, 5) is 31.3. The lowest BCUT2D eigenvalue weighted by molar-refractivity contribution is 0.0917. The average Bonchev–Trinajstić information content (AvgIpc) is 2.46. The first-order valence-corrected chi connectivity index (χ1v) is 5.64. The van der Waals surface area contributed by atoms with Gasteiger partial charge < -0.3 is 0 Å². The van der Waals surface area contributed by atoms with E-state index in [2.05, 4.69) is 9.97 Å². The molecule has 0 spiro atoms. The molecule has 0 aliphatic carbocycles. The number of hydrogen-bond acceptors (Lipinski definition) is 4. The Morgan fingerprint density at radius 1 is 0.833 bits per heavy atom. The van der Waals surface area contributed by atoms with Crippen LogP contribution in [0.15, 0.2) is 49.1 Å². The highest BCUT2D eigenvalue weighted by Crippen LogP contribution is 2.08. The fourth-order valence-electron chi connectivity index (χ4n) is 1.57. The third-order valence-electron chi connectivity index (χ3n) is 2.55. The Labute approximate surface area is 105 Å². The van der Waals surface area contributed by atoms with Gasteiger partial charge in [0.25, 0.3) is 0 Å². The van der Waals surface area contributed by atoms with Crippen LogP contribution in [0, 0.1) is 0 Å². The SMILES string of the molecule is O=C(CCC(=O)c1cccnc1)c1cccnc1. The molecule has 4 nitrogen and oxygen atoms in total. The van der Waals surface area contributed by atoms with Gasteiger partial charge in [-0.1, -0.05) is 0 Å². The van der Waals surface area contributed by atoms with Gasteiger partial charge in [0.2, 0.25) is 0 Å². The van der Waals surface area contributed by atoms with E-state index in [0.29, 0.717) is 11.1 Å². The van der Waals surface area contributed by atoms with Crippen molar-refractivity contribution in [2.75, 3.05) is 0 Å². The zero-order valence-electron chi connectivity index (χ0n) is 9.74. The number of Topliss-reactive ketones (excluding diaryl/α,β-unsaturated/α-hetero) is 2. The van der Waals surface area contributed by atoms with Gasteiger partial charge in [-0.25, -0.2) is 0 Å². The van der Waals surface area contributed by atoms with Gasteiger partial charge >= 0.3 is 0 Å². The van der Waals surface area contributed by atoms with Crippen molar-refractivity contribution in [2.45, 2.75) is 12.8 Å². The van der Waals surface area contributed by atoms with Crippen molar-refractivity contribution >= 4 is 11.6 Å². The Morgan fingerprint density at radius 3 is 1.61 bits per heavy atom. The molecule has 0 fully saturated rings. The van der Waals surface area contributed by atoms with E-state index in [1.54, 1.807) is 36.7 Å². The molecule has 2 heterocycles. The van der Waals surface area contributed by atoms with Gasteiger partial charge in [-0.3, -0.25) is 19.6 Å². The molecule has 2 rings (SSSR count). The van der Waals surface area contributed by atoms with E-state index >= 15 is 0 Å². The van der Waals surface area contributed by atoms with E-state index in [-0.39, 0.29) is 24.4 Å². The van der Waals surface area contributed by atoms with Crippen LogP contribution in [0.25, 0.3) is 0 Å². The Bertz CT molecular complexity index is 487. The summed E-state index contributed by atoms with van der Waals surface area (Å²) < 4.78 is 0. The minimum atomic E-state index is -0.0691. The molecule has 2 aromatic heterocycles. The molecule has 0 aliphatic rings. The molecule has 0 saturated carbocycles. The second-order valence-electron chi connectivity index (χ2n) is 3.83. The highest BCUT2D eigenvalue weighted by atomic mass is 16.1. The molecule has 0 atom stereocenters. The lowest BCUT2D eigenvalue weighted by atomic mass is 10.0. The van der Waals surface area contributed by atoms with Gasteiger partial charge in [0, 0.05) is 48.8 Å². The molecule has 0 amide bonds. The lowest BCUT2D eigenvalue weighted by Crippen LogP contribution is -2.05. The van der Waals surface area contributed by atoms with Crippen LogP contribution in [0.2, 0.25) is 0 Å². The molecule has 4 heteroatoms. The van der Waals surface area contributed by atoms with E-state index in [9.17, 15) is 9.59 Å². The quantitative estimate of drug-likeness (QED) is 0.752. The number of aromatic nitrogens is 2. The maximum atomic E-state index is 11.8. The Kier molecular flexibility index (Phi) is 3.91. The molecule has 90 valence electrons. The van der Waals surface area contributed by atoms with Crippen molar-refractivity contribution in [2.24, 2.45) is 0 Å². The van der Waals surface area contributed by atoms with Crippen LogP contribution in [0.5, 0.6) is 0 Å². The van der Waals surface area contributed by atoms with Gasteiger partial charge in [-0.15, -0.1) is 0 Å². The second-order valence-corrected chi connectivity index (χ2v) is 3.83. The second kappa shape index (κ2) is 5.82. The lowest BCUT2D eigenvalue weighted by Gasteiger charge is -2.00. The average molecular weight is 240 g/mol. The van der Waals surface area contributed by atoms with Crippen LogP contribution in [-0.4, -0.2) is 21.5 Å². The first kappa shape index (κ1) is 12.1. The fraction of sp³-hybridized carbons (Fsp3) is 0.143. The number of carbonyl (C=O) groups is 2. The standard InChI is InChI=1S/C14H12N2O2/c17-13(11-3-1-7-15-9-11)5-6-14(18)12-4-2-8-16-10-12/h1-4,7-10H,5-6H2. The van der Waals surface area contributed by atoms with E-state index in [1.165, 1.54) is 12.4 Å². The van der Waals surface area contributed by atoms with E-state index in [0.717, 1.165) is 0 Å². The van der Waals surface area contributed by atoms with Crippen molar-refractivity contribution in [3.8, 4) is 0 Å². The molecule has 0 radical (unpaired) electrons. The highest BCUT2D eigenvalue weighted by Gasteiger charge is 2.10. The topological polar surface area (TPSA) is 59.9 Å². The summed E-state index contributed by atoms with van der Waals surface area (Å²) in [5.74, 6) is -0.138. The first-order valence-electron chi connectivity index (χ1n) is 5.64. The molecular formula is C14H12N2O2. The summed E-state index contributed by atoms with van der Waals surface area (Å²) >= 11 is 0. The van der Waals surface area contributed by atoms with Gasteiger partial charge in [0.15, 0.2) is 11.6 Å². The molecule has 0 unspecified atom stereocenters. The monoisotopic (exact) mass is 240 g/mol. The van der Waals surface area contributed by atoms with Crippen LogP contribution in [0.3, 0.4) is 0 Å². The molecule has 18 heavy (non-hydrogen) atoms. The number of nitrogens with zero attached hydrogens (tertiary/aromatic N) is 2. The Balaban J connectivity index is 1.93. The van der Waals surface area contributed by atoms with Crippen LogP contribution in [-0.2, 0) is 0 Å². The predicted molar refractivity (Wildman–Crippen MR) is 66.4 cm³/mol. The minimum Gasteiger partial charge on any atom is -0.294 e. The van der Waals surface area contributed by atoms with Crippen LogP contribution >= 0.6 is 0 Å². The normalized spacial score (nSPS) is 10.0. The number of hydrogen-bond donors (Lipinski definition) is 0. The summed E-state index contributed by atoms with van der Waals surface area (Å²) in [5, 5.41) is 0. The zero-order chi connectivity index (χ0) is 12.8. The zero-order valence-corrected chi connectivity index (χ0v) is 9.74. The maximum absolute atomic E-state index is 11.8. The number of rotatable bonds is 5. The molecule has 0 saturated heterocycles. The predicted octanol–water partition coefficient (Wildman–Crippen LogP) is 2.32. The van der Waals surface area contributed by atoms with Gasteiger partial charge in [-0.05, 0) is 24.3 Å². The Morgan fingerprint density at radius 2 is 1.28 bits per heavy atom. The maximum Gasteiger partial charge on any atom is 0.164 e. The summed E-state index contributed by atoms with van der Waals surface area (Å²) in [6.07, 6.45) is 6.63. The third-order valence-corrected chi connectivity index (χ3v) is 2.55. The van der Waals surface area contributed by atoms with E-state index in [4.69, 9.17) is 0 Å². The third kappa shape index (κ3) is 3.07. The van der Waals surface area contributed by atoms with Gasteiger partial charge in [0.05, 0.1) is 0 Å². The van der Waals surface area contributed by atoms with Crippen molar-refractivity contribution < 1.29 is 9.59 Å². The molecular weight excluding hydrogens is 228 g/mol. The van der Waals surface area contributed by atoms with Crippen molar-refractivity contribution in [3.05, 3.63) is 60.2 Å². The number of ketones is 2. The molecule has 0 aromatic carbocycles. The highest BCUT2D eigenvalue weighted by molar-refractivity contribution is 6.01. The minimum absolute atomic E-state index is 0.0691. The molecule has 2 aromatic rings. The van der Waals surface area contributed by atoms with Crippen molar-refractivity contribution in [1.29, 1.82) is 0 Å². The Hall–Kier alpha value is -2.36. The summed E-state index contributed by atoms with van der Waals surface area (Å²) in [6, 6.07) is 6.81. The number of carbonyl (C=O) groups excluding carboxylic acids is 2. The van der Waals surface area contributed by atoms with Crippen LogP contribution in [0.1, 0.15) is 33.6 Å². The summed E-state index contributed by atoms with van der Waals surface area (Å²) in [6.45, 7) is 0. The molecule has 0 bridgehead atoms. The van der Waals surface area contributed by atoms with Crippen LogP contribution < -0.4 is 0 Å². The van der Waals surface area contributed by atoms with Gasteiger partial charge in [-0.2, -0.15) is 0 Å². The summed E-state index contributed by atoms with van der Waals surface area (Å²) in [7, 11) is 0. The summed E-state index contributed by atoms with van der Waals surface area (Å²) in [5.41, 5.74) is 1.08. The van der Waals surface area contributed by atoms with Gasteiger partial charge in [0.1, 0.15) is 0 Å². The smallest absolute Gasteiger partial charge is 0.164 e. The van der Waals surface area contributed by atoms with E-state index < -0.39 is 0 Å².